The summed E-state index contributed by atoms with van der Waals surface area (Å²) in [5.74, 6) is -0.445. The Labute approximate surface area is 156 Å². The van der Waals surface area contributed by atoms with Crippen LogP contribution in [0.2, 0.25) is 0 Å². The third-order valence-electron chi connectivity index (χ3n) is 4.11. The third kappa shape index (κ3) is 3.20. The van der Waals surface area contributed by atoms with Gasteiger partial charge >= 0.3 is 0 Å². The molecule has 0 spiro atoms. The number of nitrogens with one attached hydrogen (secondary N) is 1. The number of fused-ring (bicyclic) bond motifs is 1. The topological polar surface area (TPSA) is 102 Å². The highest BCUT2D eigenvalue weighted by Gasteiger charge is 2.24. The molecule has 26 heavy (non-hydrogen) atoms. The smallest absolute Gasteiger partial charge is 0.271 e. The lowest BCUT2D eigenvalue weighted by Crippen LogP contribution is -2.48. The highest BCUT2D eigenvalue weighted by Crippen LogP contribution is 2.18. The second kappa shape index (κ2) is 7.09. The molecule has 0 saturated carbocycles. The Kier molecular flexibility index (Phi) is 4.66. The van der Waals surface area contributed by atoms with Crippen LogP contribution in [0.1, 0.15) is 16.1 Å². The molecule has 136 valence electrons. The molecule has 1 aliphatic heterocycles. The number of thiazole rings is 1. The monoisotopic (exact) mass is 392 g/mol. The first-order valence-electron chi connectivity index (χ1n) is 8.00. The number of nitrogens with zero attached hydrogens (tertiary/aromatic N) is 5. The van der Waals surface area contributed by atoms with Crippen molar-refractivity contribution < 1.29 is 9.53 Å². The predicted octanol–water partition coefficient (Wildman–Crippen LogP) is 0.551. The van der Waals surface area contributed by atoms with E-state index < -0.39 is 5.91 Å². The van der Waals surface area contributed by atoms with Crippen LogP contribution in [0.5, 0.6) is 0 Å². The fourth-order valence-corrected chi connectivity index (χ4v) is 4.23. The number of hydrogen-bond acceptors (Lipinski definition) is 9. The zero-order chi connectivity index (χ0) is 18.1. The Bertz CT molecular complexity index is 983. The van der Waals surface area contributed by atoms with Crippen LogP contribution in [0, 0.1) is 6.92 Å². The molecule has 4 rings (SSSR count). The molecule has 1 amide bonds. The lowest BCUT2D eigenvalue weighted by Gasteiger charge is -2.32. The normalized spacial score (nSPS) is 17.6. The average molecular weight is 392 g/mol. The van der Waals surface area contributed by atoms with Crippen LogP contribution in [0.4, 0.5) is 5.13 Å². The van der Waals surface area contributed by atoms with Gasteiger partial charge in [0.05, 0.1) is 12.7 Å². The van der Waals surface area contributed by atoms with Gasteiger partial charge in [0.1, 0.15) is 11.1 Å². The predicted molar refractivity (Wildman–Crippen MR) is 98.3 cm³/mol. The van der Waals surface area contributed by atoms with Gasteiger partial charge in [-0.2, -0.15) is 0 Å². The lowest BCUT2D eigenvalue weighted by molar-refractivity contribution is 0.0396. The molecule has 0 radical (unpaired) electrons. The molecule has 1 aliphatic rings. The Balaban J connectivity index is 1.43. The zero-order valence-electron chi connectivity index (χ0n) is 13.9. The van der Waals surface area contributed by atoms with Crippen molar-refractivity contribution in [2.45, 2.75) is 13.0 Å². The van der Waals surface area contributed by atoms with E-state index in [1.807, 2.05) is 12.3 Å². The van der Waals surface area contributed by atoms with E-state index in [-0.39, 0.29) is 17.2 Å². The van der Waals surface area contributed by atoms with Gasteiger partial charge in [-0.05, 0) is 6.92 Å². The summed E-state index contributed by atoms with van der Waals surface area (Å²) in [6, 6.07) is 0. The molecule has 1 fully saturated rings. The number of amides is 1. The summed E-state index contributed by atoms with van der Waals surface area (Å²) in [4.78, 5) is 31.8. The van der Waals surface area contributed by atoms with E-state index in [4.69, 9.17) is 4.74 Å². The number of ether oxygens (including phenoxy) is 1. The van der Waals surface area contributed by atoms with Crippen molar-refractivity contribution in [2.24, 2.45) is 0 Å². The van der Waals surface area contributed by atoms with Crippen LogP contribution < -0.4 is 15.8 Å². The Morgan fingerprint density at radius 2 is 2.35 bits per heavy atom. The second-order valence-electron chi connectivity index (χ2n) is 5.84. The SMILES string of the molecule is Cc1csc2ncc(C(=O)NCC3CN(c4nncs4)CCO3)c(=O)n12. The van der Waals surface area contributed by atoms with Crippen LogP contribution in [-0.4, -0.2) is 57.8 Å². The molecule has 0 aliphatic carbocycles. The van der Waals surface area contributed by atoms with Crippen LogP contribution in [0.15, 0.2) is 21.9 Å². The van der Waals surface area contributed by atoms with E-state index >= 15 is 0 Å². The molecule has 3 aromatic heterocycles. The van der Waals surface area contributed by atoms with E-state index in [2.05, 4.69) is 25.4 Å². The fraction of sp³-hybridized carbons (Fsp3) is 0.400. The van der Waals surface area contributed by atoms with Crippen LogP contribution in [0.25, 0.3) is 4.96 Å². The number of aromatic nitrogens is 4. The van der Waals surface area contributed by atoms with Crippen LogP contribution in [0.3, 0.4) is 0 Å². The van der Waals surface area contributed by atoms with E-state index in [9.17, 15) is 9.59 Å². The molecule has 4 heterocycles. The van der Waals surface area contributed by atoms with Gasteiger partial charge in [-0.25, -0.2) is 4.98 Å². The summed E-state index contributed by atoms with van der Waals surface area (Å²) in [5.41, 5.74) is 2.12. The van der Waals surface area contributed by atoms with E-state index in [1.165, 1.54) is 33.3 Å². The van der Waals surface area contributed by atoms with Gasteiger partial charge in [0, 0.05) is 36.9 Å². The maximum absolute atomic E-state index is 12.5. The van der Waals surface area contributed by atoms with Gasteiger partial charge in [0.15, 0.2) is 4.96 Å². The number of rotatable bonds is 4. The van der Waals surface area contributed by atoms with Gasteiger partial charge in [-0.15, -0.1) is 21.5 Å². The molecule has 0 aromatic carbocycles. The number of carbonyl (C=O) groups is 1. The molecule has 11 heteroatoms. The largest absolute Gasteiger partial charge is 0.373 e. The first kappa shape index (κ1) is 17.1. The second-order valence-corrected chi connectivity index (χ2v) is 7.49. The maximum Gasteiger partial charge on any atom is 0.271 e. The minimum absolute atomic E-state index is 0.0285. The molecular weight excluding hydrogens is 376 g/mol. The van der Waals surface area contributed by atoms with Gasteiger partial charge in [-0.1, -0.05) is 11.3 Å². The first-order valence-corrected chi connectivity index (χ1v) is 9.76. The minimum atomic E-state index is -0.445. The highest BCUT2D eigenvalue weighted by molar-refractivity contribution is 7.15. The number of aryl methyl sites for hydroxylation is 1. The quantitative estimate of drug-likeness (QED) is 0.692. The van der Waals surface area contributed by atoms with E-state index in [1.54, 1.807) is 5.51 Å². The summed E-state index contributed by atoms with van der Waals surface area (Å²) in [6.45, 7) is 4.00. The van der Waals surface area contributed by atoms with Crippen molar-refractivity contribution in [1.29, 1.82) is 0 Å². The molecule has 1 saturated heterocycles. The number of hydrogen-bond donors (Lipinski definition) is 1. The third-order valence-corrected chi connectivity index (χ3v) is 5.82. The summed E-state index contributed by atoms with van der Waals surface area (Å²) in [6.07, 6.45) is 1.15. The van der Waals surface area contributed by atoms with Crippen molar-refractivity contribution in [1.82, 2.24) is 24.9 Å². The van der Waals surface area contributed by atoms with E-state index in [0.717, 1.165) is 17.4 Å². The standard InChI is InChI=1S/C15H16N6O3S2/c1-9-7-25-14-17-5-11(13(23)21(9)14)12(22)16-4-10-6-20(2-3-24-10)15-19-18-8-26-15/h5,7-8,10H,2-4,6H2,1H3,(H,16,22). The molecule has 1 atom stereocenters. The molecule has 1 unspecified atom stereocenters. The molecule has 0 bridgehead atoms. The number of morpholine rings is 1. The maximum atomic E-state index is 12.5. The van der Waals surface area contributed by atoms with Crippen molar-refractivity contribution >= 4 is 38.7 Å². The van der Waals surface area contributed by atoms with Gasteiger partial charge in [0.2, 0.25) is 5.13 Å². The van der Waals surface area contributed by atoms with Crippen molar-refractivity contribution in [2.75, 3.05) is 31.1 Å². The lowest BCUT2D eigenvalue weighted by atomic mass is 10.2. The Hall–Kier alpha value is -2.37. The first-order chi connectivity index (χ1) is 12.6. The summed E-state index contributed by atoms with van der Waals surface area (Å²) in [5, 5.41) is 13.4. The van der Waals surface area contributed by atoms with Crippen LogP contribution in [-0.2, 0) is 4.74 Å². The fourth-order valence-electron chi connectivity index (χ4n) is 2.80. The molecule has 9 nitrogen and oxygen atoms in total. The van der Waals surface area contributed by atoms with Gasteiger partial charge in [0.25, 0.3) is 11.5 Å². The van der Waals surface area contributed by atoms with Crippen molar-refractivity contribution in [3.8, 4) is 0 Å². The minimum Gasteiger partial charge on any atom is -0.373 e. The van der Waals surface area contributed by atoms with E-state index in [0.29, 0.717) is 24.7 Å². The van der Waals surface area contributed by atoms with Gasteiger partial charge in [-0.3, -0.25) is 14.0 Å². The Morgan fingerprint density at radius 1 is 1.46 bits per heavy atom. The summed E-state index contributed by atoms with van der Waals surface area (Å²) in [7, 11) is 0. The highest BCUT2D eigenvalue weighted by atomic mass is 32.1. The summed E-state index contributed by atoms with van der Waals surface area (Å²) < 4.78 is 7.15. The average Bonchev–Trinajstić information content (AvgIpc) is 3.31. The summed E-state index contributed by atoms with van der Waals surface area (Å²) >= 11 is 2.84. The van der Waals surface area contributed by atoms with Crippen molar-refractivity contribution in [3.63, 3.8) is 0 Å². The Morgan fingerprint density at radius 3 is 3.15 bits per heavy atom. The van der Waals surface area contributed by atoms with Crippen molar-refractivity contribution in [3.05, 3.63) is 38.7 Å². The van der Waals surface area contributed by atoms with Crippen LogP contribution >= 0.6 is 22.7 Å². The zero-order valence-corrected chi connectivity index (χ0v) is 15.5. The molecule has 1 N–H and O–H groups in total. The molecular formula is C15H16N6O3S2. The number of anilines is 1. The number of carbonyl (C=O) groups excluding carboxylic acids is 1. The van der Waals surface area contributed by atoms with Gasteiger partial charge < -0.3 is 15.0 Å². The molecule has 3 aromatic rings.